The van der Waals surface area contributed by atoms with Crippen molar-refractivity contribution in [1.82, 2.24) is 0 Å². The summed E-state index contributed by atoms with van der Waals surface area (Å²) in [5, 5.41) is 13.1. The van der Waals surface area contributed by atoms with Gasteiger partial charge in [-0.1, -0.05) is 19.8 Å². The number of benzene rings is 1. The summed E-state index contributed by atoms with van der Waals surface area (Å²) in [7, 11) is -4.34. The number of allylic oxidation sites excluding steroid dienone is 1. The highest BCUT2D eigenvalue weighted by Crippen LogP contribution is 2.33. The van der Waals surface area contributed by atoms with E-state index in [1.807, 2.05) is 6.07 Å². The zero-order chi connectivity index (χ0) is 16.6. The predicted molar refractivity (Wildman–Crippen MR) is 90.2 cm³/mol. The zero-order valence-electron chi connectivity index (χ0n) is 13.2. The van der Waals surface area contributed by atoms with Gasteiger partial charge in [-0.3, -0.25) is 4.55 Å². The summed E-state index contributed by atoms with van der Waals surface area (Å²) in [4.78, 5) is -0.132. The largest absolute Gasteiger partial charge is 0.512 e. The molecule has 0 bridgehead atoms. The Kier molecular flexibility index (Phi) is 4.38. The fraction of sp³-hybridized carbons (Fsp3) is 0.529. The van der Waals surface area contributed by atoms with Crippen LogP contribution in [-0.2, 0) is 16.5 Å². The van der Waals surface area contributed by atoms with Crippen molar-refractivity contribution in [1.29, 1.82) is 0 Å². The molecule has 1 aromatic rings. The van der Waals surface area contributed by atoms with Crippen molar-refractivity contribution in [2.24, 2.45) is 5.92 Å². The lowest BCUT2D eigenvalue weighted by atomic mass is 9.87. The number of hydrogen-bond acceptors (Lipinski definition) is 4. The highest BCUT2D eigenvalue weighted by molar-refractivity contribution is 7.86. The van der Waals surface area contributed by atoms with Crippen LogP contribution in [0.15, 0.2) is 22.8 Å². The van der Waals surface area contributed by atoms with Crippen LogP contribution in [0.1, 0.15) is 50.2 Å². The molecular formula is C17H23NO4S. The third-order valence-corrected chi connectivity index (χ3v) is 5.67. The summed E-state index contributed by atoms with van der Waals surface area (Å²) in [6, 6.07) is 3.74. The summed E-state index contributed by atoms with van der Waals surface area (Å²) in [6.45, 7) is 2.23. The topological polar surface area (TPSA) is 86.6 Å². The fourth-order valence-electron chi connectivity index (χ4n) is 3.65. The summed E-state index contributed by atoms with van der Waals surface area (Å²) >= 11 is 0. The molecule has 0 radical (unpaired) electrons. The van der Waals surface area contributed by atoms with Gasteiger partial charge in [0.1, 0.15) is 4.90 Å². The molecule has 3 N–H and O–H groups in total. The minimum atomic E-state index is -4.34. The number of aryl methyl sites for hydroxylation is 1. The number of aliphatic hydroxyl groups excluding tert-OH is 1. The fourth-order valence-corrected chi connectivity index (χ4v) is 4.40. The normalized spacial score (nSPS) is 24.7. The lowest BCUT2D eigenvalue weighted by Crippen LogP contribution is -2.26. The molecule has 126 valence electrons. The van der Waals surface area contributed by atoms with Gasteiger partial charge in [-0.25, -0.2) is 0 Å². The van der Waals surface area contributed by atoms with Gasteiger partial charge in [0.15, 0.2) is 0 Å². The maximum Gasteiger partial charge on any atom is 0.295 e. The summed E-state index contributed by atoms with van der Waals surface area (Å²) in [5.74, 6) is 0.809. The lowest BCUT2D eigenvalue weighted by Gasteiger charge is -2.29. The van der Waals surface area contributed by atoms with E-state index in [1.54, 1.807) is 0 Å². The number of rotatable bonds is 3. The monoisotopic (exact) mass is 337 g/mol. The third kappa shape index (κ3) is 3.70. The van der Waals surface area contributed by atoms with Gasteiger partial charge in [0.25, 0.3) is 10.1 Å². The van der Waals surface area contributed by atoms with Gasteiger partial charge >= 0.3 is 0 Å². The highest BCUT2D eigenvalue weighted by Gasteiger charge is 2.24. The molecule has 0 spiro atoms. The predicted octanol–water partition coefficient (Wildman–Crippen LogP) is 3.77. The van der Waals surface area contributed by atoms with E-state index in [-0.39, 0.29) is 10.7 Å². The highest BCUT2D eigenvalue weighted by atomic mass is 32.2. The van der Waals surface area contributed by atoms with E-state index in [9.17, 15) is 18.1 Å². The van der Waals surface area contributed by atoms with Crippen molar-refractivity contribution in [3.05, 3.63) is 29.0 Å². The van der Waals surface area contributed by atoms with Crippen LogP contribution in [0.25, 0.3) is 6.08 Å². The number of hydrogen-bond donors (Lipinski definition) is 3. The second-order valence-electron chi connectivity index (χ2n) is 6.77. The van der Waals surface area contributed by atoms with E-state index in [4.69, 9.17) is 0 Å². The van der Waals surface area contributed by atoms with E-state index in [0.717, 1.165) is 24.1 Å². The molecule has 2 unspecified atom stereocenters. The van der Waals surface area contributed by atoms with Crippen molar-refractivity contribution in [3.8, 4) is 0 Å². The molecule has 1 aromatic carbocycles. The van der Waals surface area contributed by atoms with Crippen molar-refractivity contribution >= 4 is 21.9 Å². The average Bonchev–Trinajstić information content (AvgIpc) is 2.46. The second-order valence-corrected chi connectivity index (χ2v) is 8.16. The molecule has 1 fully saturated rings. The molecule has 2 aliphatic carbocycles. The Labute approximate surface area is 137 Å². The number of nitrogens with one attached hydrogen (secondary N) is 1. The molecule has 0 aliphatic heterocycles. The van der Waals surface area contributed by atoms with E-state index in [1.165, 1.54) is 25.0 Å². The second kappa shape index (κ2) is 6.17. The minimum absolute atomic E-state index is 0.132. The van der Waals surface area contributed by atoms with E-state index in [0.29, 0.717) is 30.4 Å². The van der Waals surface area contributed by atoms with Gasteiger partial charge in [0.05, 0.1) is 5.76 Å². The van der Waals surface area contributed by atoms with Crippen LogP contribution in [0.2, 0.25) is 0 Å². The Morgan fingerprint density at radius 3 is 2.70 bits per heavy atom. The molecule has 23 heavy (non-hydrogen) atoms. The Hall–Kier alpha value is -1.53. The van der Waals surface area contributed by atoms with Gasteiger partial charge < -0.3 is 10.4 Å². The quantitative estimate of drug-likeness (QED) is 0.731. The molecule has 6 heteroatoms. The van der Waals surface area contributed by atoms with Gasteiger partial charge in [0.2, 0.25) is 0 Å². The molecule has 3 rings (SSSR count). The Morgan fingerprint density at radius 1 is 1.22 bits per heavy atom. The van der Waals surface area contributed by atoms with Gasteiger partial charge in [-0.15, -0.1) is 0 Å². The molecule has 1 saturated carbocycles. The summed E-state index contributed by atoms with van der Waals surface area (Å²) in [6.07, 6.45) is 7.05. The molecule has 0 amide bonds. The zero-order valence-corrected chi connectivity index (χ0v) is 14.1. The Balaban J connectivity index is 1.96. The summed E-state index contributed by atoms with van der Waals surface area (Å²) in [5.41, 5.74) is 1.97. The molecule has 5 nitrogen and oxygen atoms in total. The van der Waals surface area contributed by atoms with Crippen LogP contribution in [0.5, 0.6) is 0 Å². The Bertz CT molecular complexity index is 739. The molecule has 2 aliphatic rings. The van der Waals surface area contributed by atoms with Crippen molar-refractivity contribution in [3.63, 3.8) is 0 Å². The standard InChI is InChI=1S/C17H23NO4S/c1-11-3-2-4-13(7-11)18-14-8-12-5-6-15(19)10-16(12)17(9-14)23(20,21)22/h8-11,13,18-19H,2-7H2,1H3,(H,20,21,22). The molecule has 0 heterocycles. The first-order valence-electron chi connectivity index (χ1n) is 8.13. The van der Waals surface area contributed by atoms with E-state index >= 15 is 0 Å². The van der Waals surface area contributed by atoms with Crippen molar-refractivity contribution in [2.75, 3.05) is 5.32 Å². The maximum atomic E-state index is 11.7. The van der Waals surface area contributed by atoms with Gasteiger partial charge in [-0.2, -0.15) is 8.42 Å². The Morgan fingerprint density at radius 2 is 2.00 bits per heavy atom. The molecule has 0 saturated heterocycles. The first-order chi connectivity index (χ1) is 10.8. The molecule has 2 atom stereocenters. The van der Waals surface area contributed by atoms with Crippen molar-refractivity contribution < 1.29 is 18.1 Å². The first kappa shape index (κ1) is 16.3. The van der Waals surface area contributed by atoms with Crippen molar-refractivity contribution in [2.45, 2.75) is 56.4 Å². The molecule has 0 aromatic heterocycles. The van der Waals surface area contributed by atoms with E-state index < -0.39 is 10.1 Å². The van der Waals surface area contributed by atoms with Crippen LogP contribution in [0.4, 0.5) is 5.69 Å². The van der Waals surface area contributed by atoms with Gasteiger partial charge in [-0.05, 0) is 49.0 Å². The van der Waals surface area contributed by atoms with Crippen LogP contribution < -0.4 is 5.32 Å². The third-order valence-electron chi connectivity index (χ3n) is 4.77. The lowest BCUT2D eigenvalue weighted by molar-refractivity contribution is 0.358. The maximum absolute atomic E-state index is 11.7. The smallest absolute Gasteiger partial charge is 0.295 e. The minimum Gasteiger partial charge on any atom is -0.512 e. The number of aliphatic hydroxyl groups is 1. The van der Waals surface area contributed by atoms with Crippen LogP contribution in [0, 0.1) is 5.92 Å². The average molecular weight is 337 g/mol. The van der Waals surface area contributed by atoms with Crippen LogP contribution in [-0.4, -0.2) is 24.1 Å². The SMILES string of the molecule is CC1CCCC(Nc2cc3c(c(S(=O)(=O)O)c2)C=C(O)CC3)C1. The number of anilines is 1. The van der Waals surface area contributed by atoms with E-state index in [2.05, 4.69) is 12.2 Å². The van der Waals surface area contributed by atoms with Crippen LogP contribution in [0.3, 0.4) is 0 Å². The number of fused-ring (bicyclic) bond motifs is 1. The first-order valence-corrected chi connectivity index (χ1v) is 9.57. The van der Waals surface area contributed by atoms with Crippen LogP contribution >= 0.6 is 0 Å². The summed E-state index contributed by atoms with van der Waals surface area (Å²) < 4.78 is 33.0. The molecular weight excluding hydrogens is 314 g/mol. The van der Waals surface area contributed by atoms with Gasteiger partial charge in [0, 0.05) is 23.7 Å².